The molecule has 0 aromatic heterocycles. The molecule has 0 spiro atoms. The number of fused-ring (bicyclic) bond motifs is 3. The Morgan fingerprint density at radius 1 is 1.04 bits per heavy atom. The van der Waals surface area contributed by atoms with Crippen LogP contribution in [0.3, 0.4) is 0 Å². The number of rotatable bonds is 3. The summed E-state index contributed by atoms with van der Waals surface area (Å²) in [4.78, 5) is 28.7. The third kappa shape index (κ3) is 2.04. The van der Waals surface area contributed by atoms with Gasteiger partial charge in [0.05, 0.1) is 23.3 Å². The van der Waals surface area contributed by atoms with Gasteiger partial charge in [0, 0.05) is 12.3 Å². The summed E-state index contributed by atoms with van der Waals surface area (Å²) in [5.74, 6) is 0.618. The summed E-state index contributed by atoms with van der Waals surface area (Å²) in [5.41, 5.74) is 1.48. The normalized spacial score (nSPS) is 11.2. The summed E-state index contributed by atoms with van der Waals surface area (Å²) < 4.78 is 8.06. The van der Waals surface area contributed by atoms with Gasteiger partial charge in [-0.3, -0.25) is 9.36 Å². The molecular weight excluding hydrogens is 306 g/mol. The van der Waals surface area contributed by atoms with Gasteiger partial charge >= 0.3 is 5.69 Å². The molecule has 0 bridgehead atoms. The highest BCUT2D eigenvalue weighted by Crippen LogP contribution is 2.18. The Morgan fingerprint density at radius 3 is 2.71 bits per heavy atom. The molecule has 0 aliphatic carbocycles. The number of benzene rings is 2. The van der Waals surface area contributed by atoms with E-state index in [1.54, 1.807) is 36.5 Å². The van der Waals surface area contributed by atoms with Crippen LogP contribution in [-0.4, -0.2) is 20.7 Å². The van der Waals surface area contributed by atoms with Crippen LogP contribution in [0.4, 0.5) is 0 Å². The first-order valence-electron chi connectivity index (χ1n) is 7.68. The van der Waals surface area contributed by atoms with Gasteiger partial charge in [-0.05, 0) is 31.2 Å². The van der Waals surface area contributed by atoms with E-state index in [9.17, 15) is 9.59 Å². The summed E-state index contributed by atoms with van der Waals surface area (Å²) >= 11 is 0. The van der Waals surface area contributed by atoms with Crippen LogP contribution in [-0.2, 0) is 0 Å². The van der Waals surface area contributed by atoms with Crippen LogP contribution >= 0.6 is 0 Å². The number of H-pyrrole nitrogens is 1. The van der Waals surface area contributed by atoms with Crippen molar-refractivity contribution in [3.05, 3.63) is 75.6 Å². The highest BCUT2D eigenvalue weighted by Gasteiger charge is 2.20. The molecule has 6 nitrogen and oxygen atoms in total. The lowest BCUT2D eigenvalue weighted by molar-refractivity contribution is 0.340. The molecule has 2 aromatic rings. The Bertz CT molecular complexity index is 1120. The number of aromatic nitrogens is 3. The number of nitrogens with one attached hydrogen (secondary N) is 1. The first-order chi connectivity index (χ1) is 11.7. The molecule has 2 aromatic carbocycles. The number of nitrogens with zero attached hydrogens (tertiary/aromatic N) is 2. The fourth-order valence-electron chi connectivity index (χ4n) is 2.90. The van der Waals surface area contributed by atoms with Gasteiger partial charge < -0.3 is 9.72 Å². The fourth-order valence-corrected chi connectivity index (χ4v) is 2.90. The van der Waals surface area contributed by atoms with Crippen molar-refractivity contribution in [1.29, 1.82) is 0 Å². The first kappa shape index (κ1) is 14.3. The molecule has 6 heteroatoms. The van der Waals surface area contributed by atoms with E-state index in [2.05, 4.69) is 4.98 Å². The van der Waals surface area contributed by atoms with Gasteiger partial charge in [-0.15, -0.1) is 0 Å². The lowest BCUT2D eigenvalue weighted by Crippen LogP contribution is -2.25. The smallest absolute Gasteiger partial charge is 0.341 e. The molecule has 0 atom stereocenters. The summed E-state index contributed by atoms with van der Waals surface area (Å²) in [5, 5.41) is 0. The van der Waals surface area contributed by atoms with Crippen LogP contribution in [0.15, 0.2) is 64.3 Å². The van der Waals surface area contributed by atoms with Crippen molar-refractivity contribution in [2.75, 3.05) is 6.61 Å². The Kier molecular flexibility index (Phi) is 3.23. The van der Waals surface area contributed by atoms with Crippen LogP contribution < -0.4 is 16.0 Å². The summed E-state index contributed by atoms with van der Waals surface area (Å²) in [6, 6.07) is 14.3. The molecule has 0 saturated heterocycles. The van der Waals surface area contributed by atoms with Gasteiger partial charge in [-0.1, -0.05) is 18.2 Å². The molecular formula is C18H15N3O3. The Morgan fingerprint density at radius 2 is 1.88 bits per heavy atom. The van der Waals surface area contributed by atoms with Crippen molar-refractivity contribution in [1.82, 2.24) is 14.1 Å². The summed E-state index contributed by atoms with van der Waals surface area (Å²) in [6.07, 6.45) is 1.56. The van der Waals surface area contributed by atoms with Gasteiger partial charge in [0.1, 0.15) is 11.4 Å². The largest absolute Gasteiger partial charge is 0.494 e. The van der Waals surface area contributed by atoms with Gasteiger partial charge in [0.2, 0.25) is 0 Å². The van der Waals surface area contributed by atoms with Crippen LogP contribution in [0.2, 0.25) is 0 Å². The number of ether oxygens (including phenoxy) is 1. The molecule has 0 unspecified atom stereocenters. The van der Waals surface area contributed by atoms with Crippen LogP contribution in [0.5, 0.6) is 5.75 Å². The molecule has 1 N–H and O–H groups in total. The second-order valence-corrected chi connectivity index (χ2v) is 5.38. The lowest BCUT2D eigenvalue weighted by atomic mass is 10.3. The molecule has 0 saturated carbocycles. The van der Waals surface area contributed by atoms with E-state index in [0.29, 0.717) is 29.2 Å². The standard InChI is InChI=1S/C18H15N3O3/c1-2-24-13-7-5-6-12(10-13)20-17(22)16-11-19-14-8-3-4-9-15(14)21(16)18(20)23/h3-11,19H,2H2,1H3. The topological polar surface area (TPSA) is 69.0 Å². The average molecular weight is 321 g/mol. The first-order valence-corrected chi connectivity index (χ1v) is 7.68. The zero-order valence-corrected chi connectivity index (χ0v) is 13.0. The summed E-state index contributed by atoms with van der Waals surface area (Å²) in [6.45, 7) is 2.40. The number of imidazole rings is 1. The van der Waals surface area contributed by atoms with Gasteiger partial charge in [-0.25, -0.2) is 9.36 Å². The van der Waals surface area contributed by atoms with Crippen molar-refractivity contribution in [2.24, 2.45) is 0 Å². The maximum absolute atomic E-state index is 12.9. The molecule has 120 valence electrons. The Labute approximate surface area is 136 Å². The molecule has 2 aliphatic rings. The predicted molar refractivity (Wildman–Crippen MR) is 91.8 cm³/mol. The second-order valence-electron chi connectivity index (χ2n) is 5.38. The van der Waals surface area contributed by atoms with Crippen LogP contribution in [0.1, 0.15) is 6.92 Å². The number of para-hydroxylation sites is 2. The highest BCUT2D eigenvalue weighted by molar-refractivity contribution is 5.77. The Balaban J connectivity index is 2.05. The SMILES string of the molecule is CCOc1cccc(-n2c(=O)c3c[nH]c4ccccc4n-3c2=O)c1. The predicted octanol–water partition coefficient (Wildman–Crippen LogP) is 2.31. The Hall–Kier alpha value is -3.28. The van der Waals surface area contributed by atoms with Crippen molar-refractivity contribution >= 4 is 11.0 Å². The van der Waals surface area contributed by atoms with E-state index in [1.165, 1.54) is 4.57 Å². The minimum Gasteiger partial charge on any atom is -0.494 e. The van der Waals surface area contributed by atoms with E-state index < -0.39 is 5.69 Å². The van der Waals surface area contributed by atoms with E-state index in [-0.39, 0.29) is 5.56 Å². The van der Waals surface area contributed by atoms with Gasteiger partial charge in [0.15, 0.2) is 0 Å². The van der Waals surface area contributed by atoms with Crippen molar-refractivity contribution in [2.45, 2.75) is 6.92 Å². The average Bonchev–Trinajstić information content (AvgIpc) is 2.86. The lowest BCUT2D eigenvalue weighted by Gasteiger charge is -2.06. The highest BCUT2D eigenvalue weighted by atomic mass is 16.5. The van der Waals surface area contributed by atoms with Gasteiger partial charge in [0.25, 0.3) is 5.56 Å². The number of hydrogen-bond donors (Lipinski definition) is 1. The van der Waals surface area contributed by atoms with E-state index in [0.717, 1.165) is 10.1 Å². The van der Waals surface area contributed by atoms with Crippen LogP contribution in [0.25, 0.3) is 22.4 Å². The van der Waals surface area contributed by atoms with E-state index in [4.69, 9.17) is 4.74 Å². The van der Waals surface area contributed by atoms with E-state index >= 15 is 0 Å². The molecule has 0 amide bonds. The fraction of sp³-hybridized carbons (Fsp3) is 0.111. The zero-order valence-electron chi connectivity index (χ0n) is 13.0. The zero-order chi connectivity index (χ0) is 16.7. The van der Waals surface area contributed by atoms with Crippen molar-refractivity contribution in [3.63, 3.8) is 0 Å². The molecule has 24 heavy (non-hydrogen) atoms. The molecule has 2 aliphatic heterocycles. The molecule has 4 rings (SSSR count). The number of aromatic amines is 1. The molecule has 0 radical (unpaired) electrons. The second kappa shape index (κ2) is 5.42. The molecule has 2 heterocycles. The van der Waals surface area contributed by atoms with Crippen LogP contribution in [0, 0.1) is 0 Å². The summed E-state index contributed by atoms with van der Waals surface area (Å²) in [7, 11) is 0. The quantitative estimate of drug-likeness (QED) is 0.629. The van der Waals surface area contributed by atoms with Gasteiger partial charge in [-0.2, -0.15) is 0 Å². The minimum absolute atomic E-state index is 0.306. The minimum atomic E-state index is -0.395. The monoisotopic (exact) mass is 321 g/mol. The van der Waals surface area contributed by atoms with Crippen molar-refractivity contribution < 1.29 is 4.74 Å². The number of hydrogen-bond acceptors (Lipinski definition) is 3. The van der Waals surface area contributed by atoms with Crippen molar-refractivity contribution in [3.8, 4) is 17.1 Å². The molecule has 0 fully saturated rings. The third-order valence-corrected chi connectivity index (χ3v) is 3.94. The maximum Gasteiger partial charge on any atom is 0.341 e. The third-order valence-electron chi connectivity index (χ3n) is 3.94. The van der Waals surface area contributed by atoms with E-state index in [1.807, 2.05) is 25.1 Å². The maximum atomic E-state index is 12.9.